The maximum Gasteiger partial charge on any atom is 0.322 e. The van der Waals surface area contributed by atoms with E-state index >= 15 is 0 Å². The van der Waals surface area contributed by atoms with E-state index in [2.05, 4.69) is 36.6 Å². The molecular weight excluding hydrogens is 660 g/mol. The van der Waals surface area contributed by atoms with Crippen LogP contribution >= 0.6 is 39.0 Å². The molecule has 0 saturated carbocycles. The number of fused-ring (bicyclic) bond motifs is 1. The zero-order valence-electron chi connectivity index (χ0n) is 23.0. The van der Waals surface area contributed by atoms with Gasteiger partial charge < -0.3 is 25.1 Å². The van der Waals surface area contributed by atoms with Crippen LogP contribution in [-0.2, 0) is 29.3 Å². The van der Waals surface area contributed by atoms with Gasteiger partial charge in [-0.05, 0) is 11.1 Å². The van der Waals surface area contributed by atoms with Gasteiger partial charge in [0, 0.05) is 26.4 Å². The quantitative estimate of drug-likeness (QED) is 0.0618. The lowest BCUT2D eigenvalue weighted by atomic mass is 9.87. The number of halogens is 1. The van der Waals surface area contributed by atoms with Crippen LogP contribution in [0.4, 0.5) is 5.13 Å². The van der Waals surface area contributed by atoms with Crippen LogP contribution in [0.15, 0.2) is 65.8 Å². The first kappa shape index (κ1) is 30.6. The average Bonchev–Trinajstić information content (AvgIpc) is 3.54. The van der Waals surface area contributed by atoms with Crippen molar-refractivity contribution in [2.75, 3.05) is 36.6 Å². The number of rotatable bonds is 10. The number of anilines is 1. The van der Waals surface area contributed by atoms with Gasteiger partial charge in [-0.15, -0.1) is 22.0 Å². The second-order valence-corrected chi connectivity index (χ2v) is 12.7. The number of benzene rings is 2. The van der Waals surface area contributed by atoms with Crippen LogP contribution in [0, 0.1) is 0 Å². The largest absolute Gasteiger partial charge is 0.452 e. The summed E-state index contributed by atoms with van der Waals surface area (Å²) in [6.45, 7) is -0.0473. The molecule has 224 valence electrons. The summed E-state index contributed by atoms with van der Waals surface area (Å²) >= 11 is 5.46. The van der Waals surface area contributed by atoms with Gasteiger partial charge in [-0.25, -0.2) is 0 Å². The lowest BCUT2D eigenvalue weighted by Gasteiger charge is -2.53. The lowest BCUT2D eigenvalue weighted by Crippen LogP contribution is -2.74. The van der Waals surface area contributed by atoms with Crippen molar-refractivity contribution in [3.05, 3.63) is 76.8 Å². The van der Waals surface area contributed by atoms with Crippen LogP contribution in [0.5, 0.6) is 0 Å². The molecule has 5 rings (SSSR count). The first-order valence-corrected chi connectivity index (χ1v) is 16.0. The summed E-state index contributed by atoms with van der Waals surface area (Å²) < 4.78 is 6.29. The Morgan fingerprint density at radius 1 is 1.14 bits per heavy atom. The van der Waals surface area contributed by atoms with Crippen LogP contribution in [0.2, 0.25) is 0 Å². The van der Waals surface area contributed by atoms with Crippen molar-refractivity contribution in [1.29, 1.82) is 0 Å². The molecule has 2 unspecified atom stereocenters. The number of thioether (sulfide) groups is 1. The molecule has 0 radical (unpaired) electrons. The third-order valence-electron chi connectivity index (χ3n) is 7.10. The molecule has 2 fully saturated rings. The molecule has 2 saturated heterocycles. The number of ketones is 1. The Morgan fingerprint density at radius 2 is 1.77 bits per heavy atom. The van der Waals surface area contributed by atoms with Crippen molar-refractivity contribution >= 4 is 73.4 Å². The molecule has 0 bridgehead atoms. The van der Waals surface area contributed by atoms with E-state index in [1.807, 2.05) is 74.8 Å². The standard InChI is InChI=1S/C28H27BrN6O6S2/c1-34(2)27-32-31-25(43-27)28(26(39)41-21(16-9-5-3-6-10-16)17-11-7-4-8-12-17)14-35-23(38)20(24(35)42-15-28)30-22(37)19(33-40)18(36)13-29/h3-12,20-21,24,40H,13-15H2,1-2H3,(H,30,37)/t20?,24-,28?/m1/s1. The van der Waals surface area contributed by atoms with E-state index in [1.165, 1.54) is 28.0 Å². The summed E-state index contributed by atoms with van der Waals surface area (Å²) in [5, 5.41) is 23.3. The summed E-state index contributed by atoms with van der Waals surface area (Å²) in [7, 11) is 3.64. The first-order chi connectivity index (χ1) is 20.7. The maximum atomic E-state index is 14.3. The Morgan fingerprint density at radius 3 is 2.30 bits per heavy atom. The second-order valence-electron chi connectivity index (χ2n) is 10.1. The topological polar surface area (TPSA) is 154 Å². The van der Waals surface area contributed by atoms with Crippen molar-refractivity contribution in [3.63, 3.8) is 0 Å². The number of Topliss-reactive ketones (excluding diaryl/α,β-unsaturated/α-hetero) is 1. The van der Waals surface area contributed by atoms with Gasteiger partial charge in [0.1, 0.15) is 21.8 Å². The van der Waals surface area contributed by atoms with Crippen molar-refractivity contribution in [3.8, 4) is 0 Å². The number of carbonyl (C=O) groups is 4. The monoisotopic (exact) mass is 686 g/mol. The number of oxime groups is 1. The Hall–Kier alpha value is -3.82. The molecule has 2 amide bonds. The fraction of sp³-hybridized carbons (Fsp3) is 0.321. The van der Waals surface area contributed by atoms with Crippen LogP contribution < -0.4 is 10.2 Å². The third kappa shape index (κ3) is 5.88. The highest BCUT2D eigenvalue weighted by Crippen LogP contribution is 2.46. The fourth-order valence-corrected chi connectivity index (χ4v) is 7.64. The van der Waals surface area contributed by atoms with Gasteiger partial charge >= 0.3 is 5.97 Å². The van der Waals surface area contributed by atoms with Crippen molar-refractivity contribution in [1.82, 2.24) is 20.4 Å². The molecule has 12 nitrogen and oxygen atoms in total. The van der Waals surface area contributed by atoms with Gasteiger partial charge in [0.25, 0.3) is 5.91 Å². The molecule has 0 aliphatic carbocycles. The molecule has 2 aromatic carbocycles. The fourth-order valence-electron chi connectivity index (χ4n) is 4.81. The van der Waals surface area contributed by atoms with Crippen LogP contribution in [-0.4, -0.2) is 92.7 Å². The van der Waals surface area contributed by atoms with Crippen molar-refractivity contribution < 1.29 is 29.1 Å². The molecule has 15 heteroatoms. The predicted molar refractivity (Wildman–Crippen MR) is 165 cm³/mol. The van der Waals surface area contributed by atoms with E-state index < -0.39 is 52.2 Å². The molecule has 0 spiro atoms. The number of β-lactam (4-membered cyclic amide) rings is 1. The number of esters is 1. The van der Waals surface area contributed by atoms with Gasteiger partial charge in [-0.3, -0.25) is 19.2 Å². The van der Waals surface area contributed by atoms with Crippen LogP contribution in [0.3, 0.4) is 0 Å². The number of nitrogens with one attached hydrogen (secondary N) is 1. The van der Waals surface area contributed by atoms with Crippen LogP contribution in [0.25, 0.3) is 0 Å². The zero-order chi connectivity index (χ0) is 30.7. The summed E-state index contributed by atoms with van der Waals surface area (Å²) in [5.41, 5.74) is -0.484. The predicted octanol–water partition coefficient (Wildman–Crippen LogP) is 2.37. The Balaban J connectivity index is 1.44. The average molecular weight is 688 g/mol. The molecule has 43 heavy (non-hydrogen) atoms. The number of ether oxygens (including phenoxy) is 1. The van der Waals surface area contributed by atoms with E-state index in [9.17, 15) is 19.2 Å². The number of carbonyl (C=O) groups excluding carboxylic acids is 4. The van der Waals surface area contributed by atoms with Gasteiger partial charge in [-0.1, -0.05) is 93.1 Å². The van der Waals surface area contributed by atoms with Crippen LogP contribution in [0.1, 0.15) is 22.2 Å². The number of amides is 2. The van der Waals surface area contributed by atoms with E-state index in [0.717, 1.165) is 11.1 Å². The summed E-state index contributed by atoms with van der Waals surface area (Å²) in [4.78, 5) is 55.4. The van der Waals surface area contributed by atoms with Crippen molar-refractivity contribution in [2.45, 2.75) is 22.9 Å². The number of hydrogen-bond acceptors (Lipinski definition) is 12. The normalized spacial score (nSPS) is 21.5. The molecule has 2 aliphatic rings. The number of alkyl halides is 1. The minimum Gasteiger partial charge on any atom is -0.452 e. The zero-order valence-corrected chi connectivity index (χ0v) is 26.3. The highest BCUT2D eigenvalue weighted by Gasteiger charge is 2.60. The molecule has 3 aromatic rings. The minimum absolute atomic E-state index is 0.0473. The highest BCUT2D eigenvalue weighted by molar-refractivity contribution is 9.09. The molecule has 3 heterocycles. The van der Waals surface area contributed by atoms with Crippen molar-refractivity contribution in [2.24, 2.45) is 5.16 Å². The van der Waals surface area contributed by atoms with Gasteiger partial charge in [0.2, 0.25) is 22.5 Å². The van der Waals surface area contributed by atoms with E-state index in [0.29, 0.717) is 10.1 Å². The molecule has 3 atom stereocenters. The Labute approximate surface area is 263 Å². The number of hydrogen-bond donors (Lipinski definition) is 2. The highest BCUT2D eigenvalue weighted by atomic mass is 79.9. The van der Waals surface area contributed by atoms with E-state index in [1.54, 1.807) is 4.90 Å². The smallest absolute Gasteiger partial charge is 0.322 e. The number of aromatic nitrogens is 2. The minimum atomic E-state index is -1.34. The SMILES string of the molecule is CN(C)c1nnc(C2(C(=O)OC(c3ccccc3)c3ccccc3)CS[C@@H]3C(NC(=O)C(=NO)C(=O)CBr)C(=O)N3C2)s1. The summed E-state index contributed by atoms with van der Waals surface area (Å²) in [5.74, 6) is -2.52. The van der Waals surface area contributed by atoms with E-state index in [-0.39, 0.29) is 17.6 Å². The summed E-state index contributed by atoms with van der Waals surface area (Å²) in [6, 6.07) is 17.8. The van der Waals surface area contributed by atoms with Gasteiger partial charge in [-0.2, -0.15) is 0 Å². The lowest BCUT2D eigenvalue weighted by molar-refractivity contribution is -0.160. The number of nitrogens with zero attached hydrogens (tertiary/aromatic N) is 5. The second kappa shape index (κ2) is 12.8. The molecular formula is C28H27BrN6O6S2. The van der Waals surface area contributed by atoms with E-state index in [4.69, 9.17) is 9.94 Å². The maximum absolute atomic E-state index is 14.3. The Kier molecular flexibility index (Phi) is 9.13. The van der Waals surface area contributed by atoms with Gasteiger partial charge in [0.05, 0.1) is 5.33 Å². The van der Waals surface area contributed by atoms with Gasteiger partial charge in [0.15, 0.2) is 6.10 Å². The molecule has 1 aromatic heterocycles. The molecule has 2 aliphatic heterocycles. The molecule has 2 N–H and O–H groups in total. The first-order valence-electron chi connectivity index (χ1n) is 13.1. The summed E-state index contributed by atoms with van der Waals surface area (Å²) in [6.07, 6.45) is -0.710. The third-order valence-corrected chi connectivity index (χ3v) is 10.4. The Bertz CT molecular complexity index is 1520.